The van der Waals surface area contributed by atoms with Crippen molar-refractivity contribution in [3.63, 3.8) is 0 Å². The molecule has 1 atom stereocenters. The normalized spacial score (nSPS) is 22.7. The first-order valence-corrected chi connectivity index (χ1v) is 9.43. The molecule has 1 spiro atoms. The number of thiophene rings is 1. The zero-order chi connectivity index (χ0) is 17.3. The van der Waals surface area contributed by atoms with E-state index in [0.29, 0.717) is 50.5 Å². The summed E-state index contributed by atoms with van der Waals surface area (Å²) in [6.07, 6.45) is 3.21. The van der Waals surface area contributed by atoms with E-state index in [1.165, 1.54) is 0 Å². The van der Waals surface area contributed by atoms with Gasteiger partial charge in [0, 0.05) is 44.3 Å². The molecule has 8 heteroatoms. The molecule has 2 aromatic rings. The summed E-state index contributed by atoms with van der Waals surface area (Å²) < 4.78 is 5.26. The maximum absolute atomic E-state index is 12.4. The third-order valence-corrected chi connectivity index (χ3v) is 5.84. The van der Waals surface area contributed by atoms with E-state index >= 15 is 0 Å². The lowest BCUT2D eigenvalue weighted by molar-refractivity contribution is -0.130. The number of carbonyl (C=O) groups is 2. The number of likely N-dealkylation sites (tertiary alicyclic amines) is 1. The molecule has 1 N–H and O–H groups in total. The molecule has 4 heterocycles. The van der Waals surface area contributed by atoms with Gasteiger partial charge in [-0.05, 0) is 24.3 Å². The fraction of sp³-hybridized carbons (Fsp3) is 0.529. The van der Waals surface area contributed by atoms with Gasteiger partial charge in [-0.15, -0.1) is 11.3 Å². The van der Waals surface area contributed by atoms with Gasteiger partial charge in [0.15, 0.2) is 0 Å². The summed E-state index contributed by atoms with van der Waals surface area (Å²) in [5.41, 5.74) is -0.0329. The average Bonchev–Trinajstić information content (AvgIpc) is 3.36. The smallest absolute Gasteiger partial charge is 0.226 e. The van der Waals surface area contributed by atoms with Crippen molar-refractivity contribution in [2.24, 2.45) is 5.41 Å². The highest BCUT2D eigenvalue weighted by molar-refractivity contribution is 7.13. The molecule has 4 rings (SSSR count). The van der Waals surface area contributed by atoms with Crippen molar-refractivity contribution < 1.29 is 14.1 Å². The summed E-state index contributed by atoms with van der Waals surface area (Å²) in [5, 5.41) is 8.84. The van der Waals surface area contributed by atoms with Gasteiger partial charge in [-0.25, -0.2) is 0 Å². The van der Waals surface area contributed by atoms with Crippen LogP contribution in [0.3, 0.4) is 0 Å². The molecule has 0 radical (unpaired) electrons. The van der Waals surface area contributed by atoms with Crippen LogP contribution < -0.4 is 5.32 Å². The second-order valence-corrected chi connectivity index (χ2v) is 7.81. The predicted molar refractivity (Wildman–Crippen MR) is 91.8 cm³/mol. The summed E-state index contributed by atoms with van der Waals surface area (Å²) in [4.78, 5) is 31.1. The van der Waals surface area contributed by atoms with Crippen LogP contribution in [0, 0.1) is 5.41 Å². The SMILES string of the molecule is O=C1CC2(CCN(C(=O)CCCc3nc(-c4cccs4)no3)C2)CN1. The van der Waals surface area contributed by atoms with E-state index in [-0.39, 0.29) is 17.2 Å². The summed E-state index contributed by atoms with van der Waals surface area (Å²) in [7, 11) is 0. The minimum Gasteiger partial charge on any atom is -0.355 e. The number of hydrogen-bond donors (Lipinski definition) is 1. The van der Waals surface area contributed by atoms with E-state index in [1.807, 2.05) is 22.4 Å². The minimum atomic E-state index is -0.0329. The summed E-state index contributed by atoms with van der Waals surface area (Å²) in [5.74, 6) is 1.43. The van der Waals surface area contributed by atoms with Crippen LogP contribution in [0.1, 0.15) is 31.6 Å². The number of hydrogen-bond acceptors (Lipinski definition) is 6. The van der Waals surface area contributed by atoms with Crippen molar-refractivity contribution in [3.8, 4) is 10.7 Å². The van der Waals surface area contributed by atoms with Crippen molar-refractivity contribution in [2.45, 2.75) is 32.1 Å². The Balaban J connectivity index is 1.25. The number of amides is 2. The Morgan fingerprint density at radius 1 is 1.48 bits per heavy atom. The first kappa shape index (κ1) is 16.3. The second kappa shape index (κ2) is 6.59. The van der Waals surface area contributed by atoms with Gasteiger partial charge in [0.1, 0.15) is 0 Å². The maximum Gasteiger partial charge on any atom is 0.226 e. The molecule has 0 saturated carbocycles. The van der Waals surface area contributed by atoms with E-state index in [2.05, 4.69) is 15.5 Å². The molecule has 2 aromatic heterocycles. The Kier molecular flexibility index (Phi) is 4.29. The van der Waals surface area contributed by atoms with Gasteiger partial charge in [0.05, 0.1) is 4.88 Å². The number of aryl methyl sites for hydroxylation is 1. The number of nitrogens with one attached hydrogen (secondary N) is 1. The Morgan fingerprint density at radius 2 is 2.40 bits per heavy atom. The number of nitrogens with zero attached hydrogens (tertiary/aromatic N) is 3. The van der Waals surface area contributed by atoms with Crippen LogP contribution in [-0.4, -0.2) is 46.5 Å². The molecule has 2 amide bonds. The molecule has 25 heavy (non-hydrogen) atoms. The highest BCUT2D eigenvalue weighted by Gasteiger charge is 2.44. The van der Waals surface area contributed by atoms with E-state index in [4.69, 9.17) is 4.52 Å². The zero-order valence-electron chi connectivity index (χ0n) is 13.9. The van der Waals surface area contributed by atoms with Crippen LogP contribution in [-0.2, 0) is 16.0 Å². The van der Waals surface area contributed by atoms with Crippen molar-refractivity contribution in [1.82, 2.24) is 20.4 Å². The number of aromatic nitrogens is 2. The molecule has 2 saturated heterocycles. The lowest BCUT2D eigenvalue weighted by Crippen LogP contribution is -2.33. The van der Waals surface area contributed by atoms with Gasteiger partial charge in [-0.2, -0.15) is 4.98 Å². The van der Waals surface area contributed by atoms with Crippen LogP contribution in [0.15, 0.2) is 22.0 Å². The molecule has 132 valence electrons. The lowest BCUT2D eigenvalue weighted by Gasteiger charge is -2.21. The lowest BCUT2D eigenvalue weighted by atomic mass is 9.86. The van der Waals surface area contributed by atoms with Crippen LogP contribution in [0.4, 0.5) is 0 Å². The monoisotopic (exact) mass is 360 g/mol. The Morgan fingerprint density at radius 3 is 3.16 bits per heavy atom. The van der Waals surface area contributed by atoms with Crippen molar-refractivity contribution in [2.75, 3.05) is 19.6 Å². The van der Waals surface area contributed by atoms with Crippen LogP contribution >= 0.6 is 11.3 Å². The van der Waals surface area contributed by atoms with Crippen LogP contribution in [0.5, 0.6) is 0 Å². The number of rotatable bonds is 5. The van der Waals surface area contributed by atoms with Crippen LogP contribution in [0.25, 0.3) is 10.7 Å². The molecule has 0 aliphatic carbocycles. The van der Waals surface area contributed by atoms with Gasteiger partial charge in [-0.3, -0.25) is 9.59 Å². The first-order chi connectivity index (χ1) is 12.1. The van der Waals surface area contributed by atoms with Gasteiger partial charge in [0.2, 0.25) is 23.5 Å². The summed E-state index contributed by atoms with van der Waals surface area (Å²) in [6.45, 7) is 2.13. The van der Waals surface area contributed by atoms with Crippen molar-refractivity contribution >= 4 is 23.2 Å². The molecule has 2 fully saturated rings. The van der Waals surface area contributed by atoms with Gasteiger partial charge >= 0.3 is 0 Å². The highest BCUT2D eigenvalue weighted by atomic mass is 32.1. The minimum absolute atomic E-state index is 0.0329. The Bertz CT molecular complexity index is 773. The second-order valence-electron chi connectivity index (χ2n) is 6.86. The first-order valence-electron chi connectivity index (χ1n) is 8.55. The van der Waals surface area contributed by atoms with E-state index < -0.39 is 0 Å². The van der Waals surface area contributed by atoms with Gasteiger partial charge in [0.25, 0.3) is 0 Å². The fourth-order valence-electron chi connectivity index (χ4n) is 3.60. The molecule has 7 nitrogen and oxygen atoms in total. The molecule has 2 aliphatic heterocycles. The standard InChI is InChI=1S/C17H20N4O3S/c22-13-9-17(10-18-13)6-7-21(11-17)15(23)5-1-4-14-19-16(20-24-14)12-3-2-8-25-12/h2-3,8H,1,4-7,9-11H2,(H,18,22). The summed E-state index contributed by atoms with van der Waals surface area (Å²) >= 11 is 1.57. The molecule has 1 unspecified atom stereocenters. The van der Waals surface area contributed by atoms with Gasteiger partial charge in [-0.1, -0.05) is 11.2 Å². The largest absolute Gasteiger partial charge is 0.355 e. The highest BCUT2D eigenvalue weighted by Crippen LogP contribution is 2.36. The average molecular weight is 360 g/mol. The fourth-order valence-corrected chi connectivity index (χ4v) is 4.25. The maximum atomic E-state index is 12.4. The molecule has 2 aliphatic rings. The van der Waals surface area contributed by atoms with Gasteiger partial charge < -0.3 is 14.7 Å². The molecule has 0 aromatic carbocycles. The molecule has 0 bridgehead atoms. The predicted octanol–water partition coefficient (Wildman–Crippen LogP) is 1.86. The van der Waals surface area contributed by atoms with E-state index in [9.17, 15) is 9.59 Å². The van der Waals surface area contributed by atoms with E-state index in [0.717, 1.165) is 17.8 Å². The topological polar surface area (TPSA) is 88.3 Å². The number of carbonyl (C=O) groups excluding carboxylic acids is 2. The van der Waals surface area contributed by atoms with Crippen LogP contribution in [0.2, 0.25) is 0 Å². The van der Waals surface area contributed by atoms with Crippen molar-refractivity contribution in [3.05, 3.63) is 23.4 Å². The quantitative estimate of drug-likeness (QED) is 0.879. The Hall–Kier alpha value is -2.22. The zero-order valence-corrected chi connectivity index (χ0v) is 14.7. The third kappa shape index (κ3) is 3.44. The Labute approximate surface area is 149 Å². The van der Waals surface area contributed by atoms with Crippen molar-refractivity contribution in [1.29, 1.82) is 0 Å². The third-order valence-electron chi connectivity index (χ3n) is 4.98. The summed E-state index contributed by atoms with van der Waals surface area (Å²) in [6, 6.07) is 3.90. The molecular weight excluding hydrogens is 340 g/mol. The van der Waals surface area contributed by atoms with E-state index in [1.54, 1.807) is 11.3 Å². The molecular formula is C17H20N4O3S.